The summed E-state index contributed by atoms with van der Waals surface area (Å²) in [5.74, 6) is -0.101. The Kier molecular flexibility index (Phi) is 4.76. The summed E-state index contributed by atoms with van der Waals surface area (Å²) < 4.78 is 0. The van der Waals surface area contributed by atoms with E-state index < -0.39 is 17.2 Å². The number of carbonyl (C=O) groups is 1. The monoisotopic (exact) mass is 338 g/mol. The largest absolute Gasteiger partial charge is 0.372 e. The van der Waals surface area contributed by atoms with Gasteiger partial charge in [0.2, 0.25) is 0 Å². The van der Waals surface area contributed by atoms with Gasteiger partial charge < -0.3 is 10.4 Å². The molecule has 0 aliphatic carbocycles. The minimum atomic E-state index is -1.80. The minimum absolute atomic E-state index is 0.224. The van der Waals surface area contributed by atoms with Crippen LogP contribution < -0.4 is 11.0 Å². The first-order valence-corrected chi connectivity index (χ1v) is 7.86. The highest BCUT2D eigenvalue weighted by molar-refractivity contribution is 5.90. The molecule has 0 radical (unpaired) electrons. The van der Waals surface area contributed by atoms with E-state index in [1.165, 1.54) is 0 Å². The molecule has 25 heavy (non-hydrogen) atoms. The number of H-pyrrole nitrogens is 2. The lowest BCUT2D eigenvalue weighted by Crippen LogP contribution is -2.46. The van der Waals surface area contributed by atoms with Crippen molar-refractivity contribution in [2.45, 2.75) is 12.0 Å². The van der Waals surface area contributed by atoms with Crippen LogP contribution >= 0.6 is 0 Å². The van der Waals surface area contributed by atoms with Crippen LogP contribution in [0, 0.1) is 0 Å². The Bertz CT molecular complexity index is 848. The number of amides is 1. The molecule has 0 saturated heterocycles. The first-order chi connectivity index (χ1) is 12.1. The first kappa shape index (κ1) is 16.7. The molecule has 1 amide bonds. The predicted octanol–water partition coefficient (Wildman–Crippen LogP) is 0.693. The number of rotatable bonds is 6. The Balaban J connectivity index is 1.82. The molecule has 3 aromatic rings. The average Bonchev–Trinajstić information content (AvgIpc) is 3.07. The van der Waals surface area contributed by atoms with Crippen molar-refractivity contribution in [3.8, 4) is 0 Å². The Morgan fingerprint density at radius 1 is 1.04 bits per heavy atom. The van der Waals surface area contributed by atoms with Gasteiger partial charge in [0.25, 0.3) is 5.91 Å². The van der Waals surface area contributed by atoms with E-state index in [1.54, 1.807) is 48.5 Å². The van der Waals surface area contributed by atoms with Crippen molar-refractivity contribution in [2.75, 3.05) is 6.54 Å². The van der Waals surface area contributed by atoms with Gasteiger partial charge in [-0.3, -0.25) is 9.78 Å². The number of hydrogen-bond donors (Lipinski definition) is 4. The average molecular weight is 338 g/mol. The van der Waals surface area contributed by atoms with Gasteiger partial charge in [0.05, 0.1) is 0 Å². The van der Waals surface area contributed by atoms with Gasteiger partial charge in [0, 0.05) is 13.0 Å². The van der Waals surface area contributed by atoms with Crippen LogP contribution in [-0.2, 0) is 16.8 Å². The first-order valence-electron chi connectivity index (χ1n) is 7.86. The molecule has 1 aromatic heterocycles. The number of aromatic nitrogens is 3. The standard InChI is InChI=1S/C18H18N4O3/c23-16(19-12-11-15-20-17(24)22-21-15)18(25,13-7-3-1-4-8-13)14-9-5-2-6-10-14/h1-10,25H,11-12H2,(H,19,23)(H2,20,21,22,24). The van der Waals surface area contributed by atoms with Crippen LogP contribution in [0.1, 0.15) is 17.0 Å². The molecule has 0 aliphatic heterocycles. The summed E-state index contributed by atoms with van der Waals surface area (Å²) in [6, 6.07) is 17.5. The van der Waals surface area contributed by atoms with E-state index in [9.17, 15) is 14.7 Å². The molecular weight excluding hydrogens is 320 g/mol. The zero-order valence-corrected chi connectivity index (χ0v) is 13.4. The molecule has 0 aliphatic rings. The SMILES string of the molecule is O=C(NCCc1n[nH]c(=O)[nH]1)C(O)(c1ccccc1)c1ccccc1. The van der Waals surface area contributed by atoms with Gasteiger partial charge in [-0.1, -0.05) is 60.7 Å². The molecule has 2 aromatic carbocycles. The molecule has 128 valence electrons. The lowest BCUT2D eigenvalue weighted by atomic mass is 9.85. The zero-order chi connectivity index (χ0) is 17.7. The van der Waals surface area contributed by atoms with Crippen molar-refractivity contribution in [2.24, 2.45) is 0 Å². The quantitative estimate of drug-likeness (QED) is 0.530. The summed E-state index contributed by atoms with van der Waals surface area (Å²) in [7, 11) is 0. The number of nitrogens with one attached hydrogen (secondary N) is 3. The van der Waals surface area contributed by atoms with Gasteiger partial charge in [-0.25, -0.2) is 9.89 Å². The van der Waals surface area contributed by atoms with E-state index in [1.807, 2.05) is 12.1 Å². The lowest BCUT2D eigenvalue weighted by molar-refractivity contribution is -0.136. The van der Waals surface area contributed by atoms with Crippen LogP contribution in [0.5, 0.6) is 0 Å². The molecule has 0 bridgehead atoms. The summed E-state index contributed by atoms with van der Waals surface area (Å²) in [5, 5.41) is 20.0. The molecule has 7 nitrogen and oxygen atoms in total. The Morgan fingerprint density at radius 3 is 2.08 bits per heavy atom. The van der Waals surface area contributed by atoms with Gasteiger partial charge in [-0.15, -0.1) is 0 Å². The predicted molar refractivity (Wildman–Crippen MR) is 91.8 cm³/mol. The van der Waals surface area contributed by atoms with Gasteiger partial charge in [0.15, 0.2) is 5.60 Å². The van der Waals surface area contributed by atoms with Crippen LogP contribution in [-0.4, -0.2) is 32.7 Å². The highest BCUT2D eigenvalue weighted by atomic mass is 16.3. The number of carbonyl (C=O) groups excluding carboxylic acids is 1. The minimum Gasteiger partial charge on any atom is -0.372 e. The number of nitrogens with zero attached hydrogens (tertiary/aromatic N) is 1. The van der Waals surface area contributed by atoms with Crippen LogP contribution in [0.25, 0.3) is 0 Å². The van der Waals surface area contributed by atoms with Crippen LogP contribution in [0.3, 0.4) is 0 Å². The molecule has 1 heterocycles. The van der Waals surface area contributed by atoms with Crippen molar-refractivity contribution < 1.29 is 9.90 Å². The molecule has 0 saturated carbocycles. The summed E-state index contributed by atoms with van der Waals surface area (Å²) >= 11 is 0. The maximum atomic E-state index is 12.8. The van der Waals surface area contributed by atoms with Crippen LogP contribution in [0.4, 0.5) is 0 Å². The zero-order valence-electron chi connectivity index (χ0n) is 13.4. The summed E-state index contributed by atoms with van der Waals surface area (Å²) in [6.07, 6.45) is 0.337. The van der Waals surface area contributed by atoms with Gasteiger partial charge in [0.1, 0.15) is 5.82 Å². The second kappa shape index (κ2) is 7.14. The van der Waals surface area contributed by atoms with Crippen LogP contribution in [0.2, 0.25) is 0 Å². The highest BCUT2D eigenvalue weighted by Crippen LogP contribution is 2.29. The lowest BCUT2D eigenvalue weighted by Gasteiger charge is -2.28. The Hall–Kier alpha value is -3.19. The number of hydrogen-bond acceptors (Lipinski definition) is 4. The van der Waals surface area contributed by atoms with Crippen molar-refractivity contribution in [3.05, 3.63) is 88.1 Å². The Morgan fingerprint density at radius 2 is 1.60 bits per heavy atom. The third kappa shape index (κ3) is 3.51. The second-order valence-corrected chi connectivity index (χ2v) is 5.57. The highest BCUT2D eigenvalue weighted by Gasteiger charge is 2.39. The molecular formula is C18H18N4O3. The molecule has 0 atom stereocenters. The number of aromatic amines is 2. The van der Waals surface area contributed by atoms with Gasteiger partial charge >= 0.3 is 5.69 Å². The van der Waals surface area contributed by atoms with Crippen molar-refractivity contribution in [1.82, 2.24) is 20.5 Å². The molecule has 4 N–H and O–H groups in total. The summed E-state index contributed by atoms with van der Waals surface area (Å²) in [5.41, 5.74) is -1.24. The van der Waals surface area contributed by atoms with E-state index in [2.05, 4.69) is 20.5 Å². The fourth-order valence-corrected chi connectivity index (χ4v) is 2.63. The molecule has 0 spiro atoms. The molecule has 0 unspecified atom stereocenters. The third-order valence-corrected chi connectivity index (χ3v) is 3.91. The van der Waals surface area contributed by atoms with E-state index in [0.29, 0.717) is 23.4 Å². The number of benzene rings is 2. The maximum absolute atomic E-state index is 12.8. The fourth-order valence-electron chi connectivity index (χ4n) is 2.63. The smallest absolute Gasteiger partial charge is 0.340 e. The summed E-state index contributed by atoms with van der Waals surface area (Å²) in [6.45, 7) is 0.224. The third-order valence-electron chi connectivity index (χ3n) is 3.91. The van der Waals surface area contributed by atoms with E-state index in [0.717, 1.165) is 0 Å². The molecule has 7 heteroatoms. The van der Waals surface area contributed by atoms with E-state index in [4.69, 9.17) is 0 Å². The van der Waals surface area contributed by atoms with Gasteiger partial charge in [-0.05, 0) is 11.1 Å². The second-order valence-electron chi connectivity index (χ2n) is 5.57. The topological polar surface area (TPSA) is 111 Å². The van der Waals surface area contributed by atoms with Crippen molar-refractivity contribution in [3.63, 3.8) is 0 Å². The van der Waals surface area contributed by atoms with Crippen molar-refractivity contribution >= 4 is 5.91 Å². The van der Waals surface area contributed by atoms with E-state index in [-0.39, 0.29) is 6.54 Å². The normalized spacial score (nSPS) is 11.2. The maximum Gasteiger partial charge on any atom is 0.340 e. The van der Waals surface area contributed by atoms with Crippen molar-refractivity contribution in [1.29, 1.82) is 0 Å². The molecule has 0 fully saturated rings. The fraction of sp³-hybridized carbons (Fsp3) is 0.167. The number of aliphatic hydroxyl groups is 1. The summed E-state index contributed by atoms with van der Waals surface area (Å²) in [4.78, 5) is 26.3. The van der Waals surface area contributed by atoms with Crippen LogP contribution in [0.15, 0.2) is 65.5 Å². The molecule has 3 rings (SSSR count). The van der Waals surface area contributed by atoms with E-state index >= 15 is 0 Å². The Labute approximate surface area is 143 Å². The van der Waals surface area contributed by atoms with Gasteiger partial charge in [-0.2, -0.15) is 5.10 Å².